The van der Waals surface area contributed by atoms with Gasteiger partial charge < -0.3 is 14.7 Å². The van der Waals surface area contributed by atoms with Gasteiger partial charge in [0, 0.05) is 36.2 Å². The minimum Gasteiger partial charge on any atom is -0.373 e. The number of nitrogens with zero attached hydrogens (tertiary/aromatic N) is 2. The number of carbonyl (C=O) groups is 1. The standard InChI is InChI=1S/C17H20ClN3O2/c1-10(2)16-8-13(20-23-16)9-21(3)17(22)15-7-11-6-12(18)4-5-14(11)19-15/h4-6,8,10,15,19H,7,9H2,1-3H3. The summed E-state index contributed by atoms with van der Waals surface area (Å²) in [6, 6.07) is 7.30. The molecule has 1 aliphatic heterocycles. The minimum absolute atomic E-state index is 0.0337. The van der Waals surface area contributed by atoms with Crippen LogP contribution in [0.15, 0.2) is 28.8 Å². The van der Waals surface area contributed by atoms with Gasteiger partial charge in [-0.3, -0.25) is 4.79 Å². The van der Waals surface area contributed by atoms with Gasteiger partial charge in [0.2, 0.25) is 5.91 Å². The zero-order chi connectivity index (χ0) is 16.6. The van der Waals surface area contributed by atoms with Gasteiger partial charge in [0.05, 0.1) is 6.54 Å². The Balaban J connectivity index is 1.64. The molecule has 0 spiro atoms. The van der Waals surface area contributed by atoms with Gasteiger partial charge in [-0.25, -0.2) is 0 Å². The maximum absolute atomic E-state index is 12.6. The summed E-state index contributed by atoms with van der Waals surface area (Å²) >= 11 is 6.01. The maximum atomic E-state index is 12.6. The number of benzene rings is 1. The normalized spacial score (nSPS) is 16.3. The average molecular weight is 334 g/mol. The van der Waals surface area contributed by atoms with Gasteiger partial charge in [0.25, 0.3) is 0 Å². The van der Waals surface area contributed by atoms with Crippen molar-refractivity contribution in [3.63, 3.8) is 0 Å². The molecule has 1 aromatic carbocycles. The number of aromatic nitrogens is 1. The van der Waals surface area contributed by atoms with E-state index in [0.29, 0.717) is 18.0 Å². The molecule has 1 atom stereocenters. The highest BCUT2D eigenvalue weighted by Crippen LogP contribution is 2.29. The molecule has 0 fully saturated rings. The lowest BCUT2D eigenvalue weighted by Crippen LogP contribution is -2.39. The highest BCUT2D eigenvalue weighted by molar-refractivity contribution is 6.30. The van der Waals surface area contributed by atoms with Crippen LogP contribution in [0.5, 0.6) is 0 Å². The fourth-order valence-electron chi connectivity index (χ4n) is 2.74. The van der Waals surface area contributed by atoms with Crippen molar-refractivity contribution in [1.82, 2.24) is 10.1 Å². The molecule has 23 heavy (non-hydrogen) atoms. The van der Waals surface area contributed by atoms with E-state index in [4.69, 9.17) is 16.1 Å². The number of hydrogen-bond donors (Lipinski definition) is 1. The van der Waals surface area contributed by atoms with Crippen LogP contribution in [0, 0.1) is 0 Å². The Morgan fingerprint density at radius 1 is 1.48 bits per heavy atom. The van der Waals surface area contributed by atoms with Gasteiger partial charge in [-0.15, -0.1) is 0 Å². The van der Waals surface area contributed by atoms with Crippen LogP contribution in [-0.4, -0.2) is 29.1 Å². The molecule has 1 aromatic heterocycles. The fourth-order valence-corrected chi connectivity index (χ4v) is 2.94. The van der Waals surface area contributed by atoms with E-state index in [1.54, 1.807) is 11.9 Å². The van der Waals surface area contributed by atoms with Crippen LogP contribution in [-0.2, 0) is 17.8 Å². The number of carbonyl (C=O) groups excluding carboxylic acids is 1. The SMILES string of the molecule is CC(C)c1cc(CN(C)C(=O)C2Cc3cc(Cl)ccc3N2)no1. The second-order valence-electron chi connectivity index (χ2n) is 6.27. The van der Waals surface area contributed by atoms with E-state index in [9.17, 15) is 4.79 Å². The summed E-state index contributed by atoms with van der Waals surface area (Å²) in [5.41, 5.74) is 2.82. The predicted molar refractivity (Wildman–Crippen MR) is 89.6 cm³/mol. The molecule has 0 saturated carbocycles. The summed E-state index contributed by atoms with van der Waals surface area (Å²) in [4.78, 5) is 14.3. The van der Waals surface area contributed by atoms with E-state index in [1.807, 2.05) is 38.1 Å². The van der Waals surface area contributed by atoms with Crippen molar-refractivity contribution >= 4 is 23.2 Å². The molecule has 1 aliphatic rings. The van der Waals surface area contributed by atoms with Crippen molar-refractivity contribution in [3.8, 4) is 0 Å². The second-order valence-corrected chi connectivity index (χ2v) is 6.71. The summed E-state index contributed by atoms with van der Waals surface area (Å²) < 4.78 is 5.28. The van der Waals surface area contributed by atoms with Crippen LogP contribution < -0.4 is 5.32 Å². The Labute approximate surface area is 140 Å². The van der Waals surface area contributed by atoms with Crippen LogP contribution in [0.1, 0.15) is 36.8 Å². The molecule has 2 heterocycles. The van der Waals surface area contributed by atoms with Gasteiger partial charge in [-0.05, 0) is 23.8 Å². The Bertz CT molecular complexity index is 726. The number of likely N-dealkylation sites (N-methyl/N-ethyl adjacent to an activating group) is 1. The molecule has 0 saturated heterocycles. The van der Waals surface area contributed by atoms with Gasteiger partial charge in [-0.1, -0.05) is 30.6 Å². The summed E-state index contributed by atoms with van der Waals surface area (Å²) in [6.07, 6.45) is 0.648. The summed E-state index contributed by atoms with van der Waals surface area (Å²) in [5, 5.41) is 7.98. The molecular weight excluding hydrogens is 314 g/mol. The van der Waals surface area contributed by atoms with Gasteiger partial charge >= 0.3 is 0 Å². The molecule has 1 N–H and O–H groups in total. The summed E-state index contributed by atoms with van der Waals surface area (Å²) in [6.45, 7) is 4.53. The number of halogens is 1. The summed E-state index contributed by atoms with van der Waals surface area (Å²) in [5.74, 6) is 1.15. The monoisotopic (exact) mass is 333 g/mol. The van der Waals surface area contributed by atoms with Crippen molar-refractivity contribution in [2.45, 2.75) is 38.8 Å². The zero-order valence-corrected chi connectivity index (χ0v) is 14.2. The van der Waals surface area contributed by atoms with E-state index in [2.05, 4.69) is 10.5 Å². The Morgan fingerprint density at radius 2 is 2.26 bits per heavy atom. The second kappa shape index (κ2) is 6.24. The van der Waals surface area contributed by atoms with E-state index < -0.39 is 0 Å². The topological polar surface area (TPSA) is 58.4 Å². The third kappa shape index (κ3) is 3.34. The predicted octanol–water partition coefficient (Wildman–Crippen LogP) is 3.45. The Hall–Kier alpha value is -2.01. The molecule has 6 heteroatoms. The first kappa shape index (κ1) is 15.9. The van der Waals surface area contributed by atoms with Crippen molar-refractivity contribution in [3.05, 3.63) is 46.3 Å². The minimum atomic E-state index is -0.259. The fraction of sp³-hybridized carbons (Fsp3) is 0.412. The zero-order valence-electron chi connectivity index (χ0n) is 13.5. The Morgan fingerprint density at radius 3 is 2.96 bits per heavy atom. The van der Waals surface area contributed by atoms with Crippen LogP contribution in [0.25, 0.3) is 0 Å². The van der Waals surface area contributed by atoms with Gasteiger partial charge in [0.1, 0.15) is 17.5 Å². The molecule has 2 aromatic rings. The largest absolute Gasteiger partial charge is 0.373 e. The van der Waals surface area contributed by atoms with Gasteiger partial charge in [-0.2, -0.15) is 0 Å². The van der Waals surface area contributed by atoms with Crippen LogP contribution in [0.2, 0.25) is 5.02 Å². The van der Waals surface area contributed by atoms with E-state index in [0.717, 1.165) is 22.7 Å². The third-order valence-electron chi connectivity index (χ3n) is 4.04. The first-order valence-electron chi connectivity index (χ1n) is 7.69. The maximum Gasteiger partial charge on any atom is 0.245 e. The van der Waals surface area contributed by atoms with E-state index in [1.165, 1.54) is 0 Å². The van der Waals surface area contributed by atoms with Gasteiger partial charge in [0.15, 0.2) is 0 Å². The number of fused-ring (bicyclic) bond motifs is 1. The van der Waals surface area contributed by atoms with E-state index in [-0.39, 0.29) is 17.9 Å². The molecule has 0 aliphatic carbocycles. The first-order chi connectivity index (χ1) is 10.9. The van der Waals surface area contributed by atoms with Crippen LogP contribution in [0.4, 0.5) is 5.69 Å². The quantitative estimate of drug-likeness (QED) is 0.931. The number of hydrogen-bond acceptors (Lipinski definition) is 4. The number of nitrogens with one attached hydrogen (secondary N) is 1. The molecule has 1 unspecified atom stereocenters. The molecule has 0 radical (unpaired) electrons. The molecular formula is C17H20ClN3O2. The molecule has 0 bridgehead atoms. The van der Waals surface area contributed by atoms with Crippen molar-refractivity contribution in [2.75, 3.05) is 12.4 Å². The van der Waals surface area contributed by atoms with Crippen molar-refractivity contribution < 1.29 is 9.32 Å². The molecule has 1 amide bonds. The first-order valence-corrected chi connectivity index (χ1v) is 8.07. The van der Waals surface area contributed by atoms with Crippen LogP contribution in [0.3, 0.4) is 0 Å². The Kier molecular flexibility index (Phi) is 4.31. The smallest absolute Gasteiger partial charge is 0.245 e. The summed E-state index contributed by atoms with van der Waals surface area (Å²) in [7, 11) is 1.78. The highest BCUT2D eigenvalue weighted by Gasteiger charge is 2.29. The number of anilines is 1. The highest BCUT2D eigenvalue weighted by atomic mass is 35.5. The lowest BCUT2D eigenvalue weighted by Gasteiger charge is -2.20. The lowest BCUT2D eigenvalue weighted by atomic mass is 10.1. The van der Waals surface area contributed by atoms with Crippen molar-refractivity contribution in [1.29, 1.82) is 0 Å². The lowest BCUT2D eigenvalue weighted by molar-refractivity contribution is -0.131. The molecule has 122 valence electrons. The molecule has 5 nitrogen and oxygen atoms in total. The van der Waals surface area contributed by atoms with E-state index >= 15 is 0 Å². The van der Waals surface area contributed by atoms with Crippen LogP contribution >= 0.6 is 11.6 Å². The average Bonchev–Trinajstić information content (AvgIpc) is 3.12. The number of rotatable bonds is 4. The molecule has 3 rings (SSSR count). The van der Waals surface area contributed by atoms with Crippen molar-refractivity contribution in [2.24, 2.45) is 0 Å². The number of amides is 1. The third-order valence-corrected chi connectivity index (χ3v) is 4.28.